The van der Waals surface area contributed by atoms with Crippen LogP contribution in [0, 0.1) is 11.6 Å². The number of halogens is 3. The van der Waals surface area contributed by atoms with Crippen molar-refractivity contribution >= 4 is 23.3 Å². The fraction of sp³-hybridized carbons (Fsp3) is 0.0714. The normalized spacial score (nSPS) is 11.9. The van der Waals surface area contributed by atoms with Crippen molar-refractivity contribution < 1.29 is 18.7 Å². The first-order valence-electron chi connectivity index (χ1n) is 5.67. The molecule has 0 bridgehead atoms. The standard InChI is InChI=1S/C14H10ClF2NO2/c15-9-2-4-10(5-3-9)18-13(14(19)20)8-1-6-11(16)12(17)7-8/h1-7,13,18H,(H,19,20). The van der Waals surface area contributed by atoms with Crippen LogP contribution in [0.2, 0.25) is 5.02 Å². The van der Waals surface area contributed by atoms with Crippen LogP contribution in [0.3, 0.4) is 0 Å². The third kappa shape index (κ3) is 3.24. The molecule has 6 heteroatoms. The van der Waals surface area contributed by atoms with Crippen molar-refractivity contribution in [2.45, 2.75) is 6.04 Å². The van der Waals surface area contributed by atoms with E-state index in [1.54, 1.807) is 24.3 Å². The number of aliphatic carboxylic acids is 1. The first kappa shape index (κ1) is 14.3. The quantitative estimate of drug-likeness (QED) is 0.901. The van der Waals surface area contributed by atoms with E-state index in [4.69, 9.17) is 11.6 Å². The average Bonchev–Trinajstić information content (AvgIpc) is 2.41. The summed E-state index contributed by atoms with van der Waals surface area (Å²) in [5.74, 6) is -3.32. The monoisotopic (exact) mass is 297 g/mol. The fourth-order valence-corrected chi connectivity index (χ4v) is 1.82. The van der Waals surface area contributed by atoms with Crippen molar-refractivity contribution in [3.05, 3.63) is 64.7 Å². The van der Waals surface area contributed by atoms with E-state index in [9.17, 15) is 18.7 Å². The highest BCUT2D eigenvalue weighted by Gasteiger charge is 2.21. The molecule has 104 valence electrons. The average molecular weight is 298 g/mol. The first-order chi connectivity index (χ1) is 9.47. The molecule has 2 N–H and O–H groups in total. The Hall–Kier alpha value is -2.14. The van der Waals surface area contributed by atoms with Crippen molar-refractivity contribution in [3.8, 4) is 0 Å². The molecule has 0 saturated carbocycles. The summed E-state index contributed by atoms with van der Waals surface area (Å²) in [5, 5.41) is 12.4. The smallest absolute Gasteiger partial charge is 0.330 e. The lowest BCUT2D eigenvalue weighted by Gasteiger charge is -2.16. The van der Waals surface area contributed by atoms with Gasteiger partial charge < -0.3 is 10.4 Å². The molecule has 0 aliphatic heterocycles. The van der Waals surface area contributed by atoms with E-state index in [2.05, 4.69) is 5.32 Å². The fourth-order valence-electron chi connectivity index (χ4n) is 1.69. The summed E-state index contributed by atoms with van der Waals surface area (Å²) in [7, 11) is 0. The van der Waals surface area contributed by atoms with Gasteiger partial charge in [0, 0.05) is 10.7 Å². The van der Waals surface area contributed by atoms with Crippen LogP contribution >= 0.6 is 11.6 Å². The Bertz CT molecular complexity index is 632. The van der Waals surface area contributed by atoms with Gasteiger partial charge in [0.05, 0.1) is 0 Å². The molecule has 20 heavy (non-hydrogen) atoms. The van der Waals surface area contributed by atoms with Gasteiger partial charge in [0.2, 0.25) is 0 Å². The van der Waals surface area contributed by atoms with Crippen LogP contribution in [0.5, 0.6) is 0 Å². The van der Waals surface area contributed by atoms with Crippen molar-refractivity contribution in [2.75, 3.05) is 5.32 Å². The van der Waals surface area contributed by atoms with Crippen LogP contribution in [0.25, 0.3) is 0 Å². The van der Waals surface area contributed by atoms with E-state index in [1.807, 2.05) is 0 Å². The number of anilines is 1. The lowest BCUT2D eigenvalue weighted by molar-refractivity contribution is -0.138. The van der Waals surface area contributed by atoms with E-state index in [0.717, 1.165) is 12.1 Å². The Balaban J connectivity index is 2.29. The number of hydrogen-bond donors (Lipinski definition) is 2. The van der Waals surface area contributed by atoms with Gasteiger partial charge in [0.1, 0.15) is 0 Å². The number of nitrogens with one attached hydrogen (secondary N) is 1. The van der Waals surface area contributed by atoms with Gasteiger partial charge in [0.25, 0.3) is 0 Å². The van der Waals surface area contributed by atoms with Gasteiger partial charge in [-0.2, -0.15) is 0 Å². The van der Waals surface area contributed by atoms with Gasteiger partial charge in [-0.3, -0.25) is 0 Å². The molecule has 0 aliphatic rings. The molecule has 0 spiro atoms. The zero-order valence-electron chi connectivity index (χ0n) is 10.1. The van der Waals surface area contributed by atoms with E-state index in [-0.39, 0.29) is 5.56 Å². The molecular formula is C14H10ClF2NO2. The molecule has 0 aliphatic carbocycles. The maximum absolute atomic E-state index is 13.2. The van der Waals surface area contributed by atoms with Crippen molar-refractivity contribution in [3.63, 3.8) is 0 Å². The van der Waals surface area contributed by atoms with Gasteiger partial charge in [0.15, 0.2) is 17.7 Å². The molecule has 3 nitrogen and oxygen atoms in total. The minimum Gasteiger partial charge on any atom is -0.479 e. The molecule has 1 atom stereocenters. The molecule has 0 heterocycles. The van der Waals surface area contributed by atoms with Crippen LogP contribution in [-0.4, -0.2) is 11.1 Å². The molecular weight excluding hydrogens is 288 g/mol. The van der Waals surface area contributed by atoms with Crippen LogP contribution in [0.15, 0.2) is 42.5 Å². The highest BCUT2D eigenvalue weighted by molar-refractivity contribution is 6.30. The topological polar surface area (TPSA) is 49.3 Å². The lowest BCUT2D eigenvalue weighted by atomic mass is 10.1. The van der Waals surface area contributed by atoms with Gasteiger partial charge in [-0.15, -0.1) is 0 Å². The van der Waals surface area contributed by atoms with Gasteiger partial charge in [-0.1, -0.05) is 17.7 Å². The molecule has 0 radical (unpaired) electrons. The Morgan fingerprint density at radius 2 is 1.75 bits per heavy atom. The minimum absolute atomic E-state index is 0.117. The van der Waals surface area contributed by atoms with Crippen LogP contribution < -0.4 is 5.32 Å². The predicted octanol–water partition coefficient (Wildman–Crippen LogP) is 3.86. The summed E-state index contributed by atoms with van der Waals surface area (Å²) in [4.78, 5) is 11.3. The summed E-state index contributed by atoms with van der Waals surface area (Å²) in [6, 6.07) is 8.16. The predicted molar refractivity (Wildman–Crippen MR) is 71.8 cm³/mol. The Labute approximate surface area is 118 Å². The Morgan fingerprint density at radius 1 is 1.10 bits per heavy atom. The van der Waals surface area contributed by atoms with E-state index >= 15 is 0 Å². The number of hydrogen-bond acceptors (Lipinski definition) is 2. The van der Waals surface area contributed by atoms with Crippen LogP contribution in [-0.2, 0) is 4.79 Å². The molecule has 1 unspecified atom stereocenters. The van der Waals surface area contributed by atoms with E-state index in [0.29, 0.717) is 10.7 Å². The lowest BCUT2D eigenvalue weighted by Crippen LogP contribution is -2.20. The maximum Gasteiger partial charge on any atom is 0.330 e. The molecule has 2 aromatic rings. The summed E-state index contributed by atoms with van der Waals surface area (Å²) in [6.45, 7) is 0. The second-order valence-electron chi connectivity index (χ2n) is 4.10. The Morgan fingerprint density at radius 3 is 2.30 bits per heavy atom. The van der Waals surface area contributed by atoms with Crippen molar-refractivity contribution in [1.29, 1.82) is 0 Å². The molecule has 0 fully saturated rings. The summed E-state index contributed by atoms with van der Waals surface area (Å²) >= 11 is 5.73. The maximum atomic E-state index is 13.2. The number of carbonyl (C=O) groups is 1. The zero-order chi connectivity index (χ0) is 14.7. The third-order valence-corrected chi connectivity index (χ3v) is 2.93. The van der Waals surface area contributed by atoms with E-state index < -0.39 is 23.6 Å². The summed E-state index contributed by atoms with van der Waals surface area (Å²) < 4.78 is 26.1. The molecule has 0 amide bonds. The second kappa shape index (κ2) is 5.88. The number of carboxylic acid groups (broad SMARTS) is 1. The van der Waals surface area contributed by atoms with Gasteiger partial charge in [-0.05, 0) is 42.0 Å². The van der Waals surface area contributed by atoms with Crippen molar-refractivity contribution in [2.24, 2.45) is 0 Å². The largest absolute Gasteiger partial charge is 0.479 e. The van der Waals surface area contributed by atoms with Crippen LogP contribution in [0.1, 0.15) is 11.6 Å². The van der Waals surface area contributed by atoms with E-state index in [1.165, 1.54) is 6.07 Å². The highest BCUT2D eigenvalue weighted by atomic mass is 35.5. The molecule has 0 saturated heterocycles. The molecule has 0 aromatic heterocycles. The van der Waals surface area contributed by atoms with Gasteiger partial charge in [-0.25, -0.2) is 13.6 Å². The second-order valence-corrected chi connectivity index (χ2v) is 4.53. The first-order valence-corrected chi connectivity index (χ1v) is 6.05. The summed E-state index contributed by atoms with van der Waals surface area (Å²) in [5.41, 5.74) is 0.623. The third-order valence-electron chi connectivity index (χ3n) is 2.68. The molecule has 2 rings (SSSR count). The minimum atomic E-state index is -1.20. The van der Waals surface area contributed by atoms with Crippen LogP contribution in [0.4, 0.5) is 14.5 Å². The SMILES string of the molecule is O=C(O)C(Nc1ccc(Cl)cc1)c1ccc(F)c(F)c1. The van der Waals surface area contributed by atoms with Crippen molar-refractivity contribution in [1.82, 2.24) is 0 Å². The van der Waals surface area contributed by atoms with Gasteiger partial charge >= 0.3 is 5.97 Å². The zero-order valence-corrected chi connectivity index (χ0v) is 10.9. The number of rotatable bonds is 4. The Kier molecular flexibility index (Phi) is 4.20. The molecule has 2 aromatic carbocycles. The highest BCUT2D eigenvalue weighted by Crippen LogP contribution is 2.23. The number of carboxylic acids is 1. The summed E-state index contributed by atoms with van der Waals surface area (Å²) in [6.07, 6.45) is 0. The number of benzene rings is 2.